The first kappa shape index (κ1) is 27.1. The highest BCUT2D eigenvalue weighted by Gasteiger charge is 2.30. The van der Waals surface area contributed by atoms with Gasteiger partial charge in [0.25, 0.3) is 5.91 Å². The van der Waals surface area contributed by atoms with Crippen LogP contribution in [0.15, 0.2) is 29.1 Å². The number of rotatable bonds is 12. The van der Waals surface area contributed by atoms with Gasteiger partial charge in [-0.1, -0.05) is 0 Å². The molecule has 0 aromatic carbocycles. The summed E-state index contributed by atoms with van der Waals surface area (Å²) in [6.45, 7) is 7.89. The summed E-state index contributed by atoms with van der Waals surface area (Å²) in [5, 5.41) is 7.24. The molecule has 1 saturated heterocycles. The van der Waals surface area contributed by atoms with Crippen LogP contribution in [-0.4, -0.2) is 72.2 Å². The number of carbonyl (C=O) groups is 2. The third-order valence-electron chi connectivity index (χ3n) is 6.84. The number of carbonyl (C=O) groups excluding carboxylic acids is 2. The lowest BCUT2D eigenvalue weighted by atomic mass is 9.98. The van der Waals surface area contributed by atoms with Gasteiger partial charge in [-0.3, -0.25) is 9.78 Å². The fraction of sp³-hybridized carbons (Fsp3) is 0.577. The average Bonchev–Trinajstić information content (AvgIpc) is 3.37. The maximum atomic E-state index is 13.0. The minimum atomic E-state index is -0.412. The van der Waals surface area contributed by atoms with Gasteiger partial charge >= 0.3 is 6.03 Å². The van der Waals surface area contributed by atoms with Crippen LogP contribution in [0.2, 0.25) is 0 Å². The van der Waals surface area contributed by atoms with E-state index >= 15 is 0 Å². The molecule has 1 atom stereocenters. The van der Waals surface area contributed by atoms with Crippen molar-refractivity contribution in [2.45, 2.75) is 64.6 Å². The highest BCUT2D eigenvalue weighted by Crippen LogP contribution is 2.23. The molecule has 3 heterocycles. The minimum absolute atomic E-state index is 0.00306. The van der Waals surface area contributed by atoms with Crippen molar-refractivity contribution < 1.29 is 14.3 Å². The predicted molar refractivity (Wildman–Crippen MR) is 140 cm³/mol. The number of aryl methyl sites for hydroxylation is 2. The lowest BCUT2D eigenvalue weighted by molar-refractivity contribution is 0.0940. The number of nitrogens with two attached hydrogens (primary N) is 1. The molecule has 192 valence electrons. The van der Waals surface area contributed by atoms with Gasteiger partial charge in [-0.15, -0.1) is 0 Å². The van der Waals surface area contributed by atoms with Crippen LogP contribution in [0.25, 0.3) is 0 Å². The van der Waals surface area contributed by atoms with Crippen molar-refractivity contribution in [1.29, 1.82) is 0 Å². The zero-order chi connectivity index (χ0) is 25.2. The molecular weight excluding hydrogens is 462 g/mol. The van der Waals surface area contributed by atoms with Crippen LogP contribution in [0.4, 0.5) is 4.79 Å². The topological polar surface area (TPSA) is 101 Å². The van der Waals surface area contributed by atoms with Gasteiger partial charge in [0.1, 0.15) is 0 Å². The van der Waals surface area contributed by atoms with Crippen LogP contribution in [0, 0.1) is 6.92 Å². The first-order valence-electron chi connectivity index (χ1n) is 12.4. The van der Waals surface area contributed by atoms with E-state index in [1.54, 1.807) is 24.6 Å². The van der Waals surface area contributed by atoms with Crippen molar-refractivity contribution in [2.24, 2.45) is 5.73 Å². The molecule has 0 unspecified atom stereocenters. The Morgan fingerprint density at radius 3 is 2.77 bits per heavy atom. The van der Waals surface area contributed by atoms with Crippen molar-refractivity contribution in [3.05, 3.63) is 51.5 Å². The van der Waals surface area contributed by atoms with E-state index in [0.717, 1.165) is 56.5 Å². The van der Waals surface area contributed by atoms with E-state index in [1.165, 1.54) is 5.56 Å². The Balaban J connectivity index is 1.55. The van der Waals surface area contributed by atoms with Gasteiger partial charge in [0.2, 0.25) is 0 Å². The molecule has 8 nitrogen and oxygen atoms in total. The number of hydrogen-bond donors (Lipinski definition) is 2. The molecule has 1 fully saturated rings. The van der Waals surface area contributed by atoms with Gasteiger partial charge in [-0.2, -0.15) is 11.3 Å². The number of urea groups is 1. The van der Waals surface area contributed by atoms with Crippen LogP contribution >= 0.6 is 11.3 Å². The summed E-state index contributed by atoms with van der Waals surface area (Å²) in [4.78, 5) is 33.8. The summed E-state index contributed by atoms with van der Waals surface area (Å²) in [5.41, 5.74) is 8.98. The number of nitrogens with zero attached hydrogens (tertiary/aromatic N) is 3. The van der Waals surface area contributed by atoms with Crippen molar-refractivity contribution in [1.82, 2.24) is 20.1 Å². The number of piperidine rings is 1. The number of thiophene rings is 1. The second kappa shape index (κ2) is 13.6. The Morgan fingerprint density at radius 2 is 2.11 bits per heavy atom. The molecule has 1 aliphatic heterocycles. The summed E-state index contributed by atoms with van der Waals surface area (Å²) in [7, 11) is 1.67. The predicted octanol–water partition coefficient (Wildman–Crippen LogP) is 3.58. The SMILES string of the molecule is COCCCNC(=O)N(Cc1ccsc1)C1CCN([C@H](C)CCc2nccc(C)c2C(N)=O)CC1. The Labute approximate surface area is 212 Å². The molecule has 9 heteroatoms. The Hall–Kier alpha value is -2.49. The van der Waals surface area contributed by atoms with Gasteiger partial charge in [0.05, 0.1) is 11.3 Å². The largest absolute Gasteiger partial charge is 0.385 e. The number of methoxy groups -OCH3 is 1. The van der Waals surface area contributed by atoms with Crippen LogP contribution in [0.3, 0.4) is 0 Å². The van der Waals surface area contributed by atoms with E-state index in [4.69, 9.17) is 10.5 Å². The summed E-state index contributed by atoms with van der Waals surface area (Å²) >= 11 is 1.66. The highest BCUT2D eigenvalue weighted by molar-refractivity contribution is 7.07. The molecule has 35 heavy (non-hydrogen) atoms. The van der Waals surface area contributed by atoms with Crippen LogP contribution in [-0.2, 0) is 17.7 Å². The second-order valence-corrected chi connectivity index (χ2v) is 10.1. The fourth-order valence-corrected chi connectivity index (χ4v) is 5.43. The maximum absolute atomic E-state index is 13.0. The first-order chi connectivity index (χ1) is 16.9. The van der Waals surface area contributed by atoms with Crippen LogP contribution in [0.1, 0.15) is 59.8 Å². The number of hydrogen-bond acceptors (Lipinski definition) is 6. The molecule has 0 spiro atoms. The average molecular weight is 502 g/mol. The van der Waals surface area contributed by atoms with E-state index in [2.05, 4.69) is 39.0 Å². The molecule has 1 aliphatic rings. The monoisotopic (exact) mass is 501 g/mol. The number of amides is 3. The summed E-state index contributed by atoms with van der Waals surface area (Å²) in [6, 6.07) is 4.48. The highest BCUT2D eigenvalue weighted by atomic mass is 32.1. The molecule has 0 radical (unpaired) electrons. The molecule has 2 aromatic heterocycles. The Morgan fingerprint density at radius 1 is 1.34 bits per heavy atom. The molecule has 3 amide bonds. The molecule has 0 bridgehead atoms. The maximum Gasteiger partial charge on any atom is 0.317 e. The zero-order valence-corrected chi connectivity index (χ0v) is 22.0. The first-order valence-corrected chi connectivity index (χ1v) is 13.4. The molecular formula is C26H39N5O3S. The van der Waals surface area contributed by atoms with Gasteiger partial charge in [-0.25, -0.2) is 4.79 Å². The summed E-state index contributed by atoms with van der Waals surface area (Å²) in [5.74, 6) is -0.412. The number of likely N-dealkylation sites (tertiary alicyclic amines) is 1. The zero-order valence-electron chi connectivity index (χ0n) is 21.2. The summed E-state index contributed by atoms with van der Waals surface area (Å²) in [6.07, 6.45) is 6.05. The van der Waals surface area contributed by atoms with Crippen LogP contribution < -0.4 is 11.1 Å². The lowest BCUT2D eigenvalue weighted by Gasteiger charge is -2.40. The Kier molecular flexibility index (Phi) is 10.5. The lowest BCUT2D eigenvalue weighted by Crippen LogP contribution is -2.51. The second-order valence-electron chi connectivity index (χ2n) is 9.31. The summed E-state index contributed by atoms with van der Waals surface area (Å²) < 4.78 is 5.10. The number of primary amides is 1. The molecule has 3 rings (SSSR count). The van der Waals surface area contributed by atoms with Crippen LogP contribution in [0.5, 0.6) is 0 Å². The normalized spacial score (nSPS) is 15.6. The third kappa shape index (κ3) is 7.75. The van der Waals surface area contributed by atoms with E-state index < -0.39 is 5.91 Å². The van der Waals surface area contributed by atoms with E-state index in [1.807, 2.05) is 17.9 Å². The molecule has 0 saturated carbocycles. The quantitative estimate of drug-likeness (QED) is 0.433. The van der Waals surface area contributed by atoms with Gasteiger partial charge in [0, 0.05) is 58.2 Å². The number of pyridine rings is 1. The van der Waals surface area contributed by atoms with Crippen molar-refractivity contribution in [3.8, 4) is 0 Å². The third-order valence-corrected chi connectivity index (χ3v) is 7.57. The number of nitrogens with one attached hydrogen (secondary N) is 1. The Bertz CT molecular complexity index is 944. The van der Waals surface area contributed by atoms with E-state index in [-0.39, 0.29) is 12.1 Å². The number of aromatic nitrogens is 1. The molecule has 3 N–H and O–H groups in total. The van der Waals surface area contributed by atoms with Crippen molar-refractivity contribution >= 4 is 23.3 Å². The molecule has 0 aliphatic carbocycles. The fourth-order valence-electron chi connectivity index (χ4n) is 4.77. The number of ether oxygens (including phenoxy) is 1. The van der Waals surface area contributed by atoms with Crippen molar-refractivity contribution in [2.75, 3.05) is 33.4 Å². The van der Waals surface area contributed by atoms with Gasteiger partial charge < -0.3 is 25.6 Å². The smallest absolute Gasteiger partial charge is 0.317 e. The van der Waals surface area contributed by atoms with E-state index in [0.29, 0.717) is 31.3 Å². The van der Waals surface area contributed by atoms with E-state index in [9.17, 15) is 9.59 Å². The standard InChI is InChI=1S/C26H39N5O3S/c1-19-7-12-28-23(24(19)25(27)32)6-5-20(2)30-13-8-22(9-14-30)31(17-21-10-16-35-18-21)26(33)29-11-4-15-34-3/h7,10,12,16,18,20,22H,4-6,8-9,11,13-15,17H2,1-3H3,(H2,27,32)(H,29,33)/t20-/m1/s1. The minimum Gasteiger partial charge on any atom is -0.385 e. The van der Waals surface area contributed by atoms with Gasteiger partial charge in [-0.05, 0) is 80.0 Å². The van der Waals surface area contributed by atoms with Gasteiger partial charge in [0.15, 0.2) is 0 Å². The molecule has 2 aromatic rings. The van der Waals surface area contributed by atoms with Crippen molar-refractivity contribution in [3.63, 3.8) is 0 Å².